The molecule has 3 fully saturated rings. The first kappa shape index (κ1) is 65.5. The van der Waals surface area contributed by atoms with E-state index in [9.17, 15) is 45.5 Å². The van der Waals surface area contributed by atoms with Gasteiger partial charge >= 0.3 is 11.0 Å². The van der Waals surface area contributed by atoms with Crippen LogP contribution < -0.4 is 28.9 Å². The molecule has 3 aliphatic carbocycles. The summed E-state index contributed by atoms with van der Waals surface area (Å²) in [5.74, 6) is 2.65. The molecular weight excluding hydrogens is 1200 g/mol. The van der Waals surface area contributed by atoms with E-state index in [2.05, 4.69) is 57.4 Å². The molecule has 13 nitrogen and oxygen atoms in total. The van der Waals surface area contributed by atoms with Gasteiger partial charge in [-0.1, -0.05) is 36.4 Å². The normalized spacial score (nSPS) is 17.6. The van der Waals surface area contributed by atoms with Gasteiger partial charge in [-0.25, -0.2) is 0 Å². The minimum Gasteiger partial charge on any atom is -0.495 e. The Bertz CT molecular complexity index is 3460. The summed E-state index contributed by atoms with van der Waals surface area (Å²) in [4.78, 5) is 56.0. The quantitative estimate of drug-likeness (QED) is 0.0469. The number of methoxy groups -OCH3 is 3. The number of aryl methyl sites for hydroxylation is 1. The molecule has 22 heteroatoms. The number of aldehydes is 1. The Balaban J connectivity index is 0.000000146. The molecular formula is C66H67F6N3O10S3. The zero-order valence-corrected chi connectivity index (χ0v) is 51.5. The van der Waals surface area contributed by atoms with Crippen molar-refractivity contribution in [2.45, 2.75) is 57.8 Å². The highest BCUT2D eigenvalue weighted by Gasteiger charge is 2.35. The monoisotopic (exact) mass is 1270 g/mol. The molecule has 3 aliphatic heterocycles. The molecule has 466 valence electrons. The fourth-order valence-electron chi connectivity index (χ4n) is 11.2. The maximum absolute atomic E-state index is 13.0. The smallest absolute Gasteiger partial charge is 0.446 e. The number of carbonyl (C=O) groups excluding carboxylic acids is 4. The number of nitrogens with zero attached hydrogens (tertiary/aromatic N) is 3. The van der Waals surface area contributed by atoms with Gasteiger partial charge in [0, 0.05) is 101 Å². The maximum Gasteiger partial charge on any atom is 0.446 e. The summed E-state index contributed by atoms with van der Waals surface area (Å²) in [6.07, 6.45) is 7.96. The van der Waals surface area contributed by atoms with Gasteiger partial charge in [-0.15, -0.1) is 11.8 Å². The van der Waals surface area contributed by atoms with E-state index in [4.69, 9.17) is 28.4 Å². The Morgan fingerprint density at radius 3 is 1.42 bits per heavy atom. The highest BCUT2D eigenvalue weighted by atomic mass is 32.2. The number of hydrogen-bond acceptors (Lipinski definition) is 16. The van der Waals surface area contributed by atoms with E-state index < -0.39 is 11.0 Å². The molecule has 1 unspecified atom stereocenters. The van der Waals surface area contributed by atoms with Crippen molar-refractivity contribution < 1.29 is 73.9 Å². The Morgan fingerprint density at radius 2 is 0.966 bits per heavy atom. The van der Waals surface area contributed by atoms with Crippen LogP contribution in [0.1, 0.15) is 75.7 Å². The van der Waals surface area contributed by atoms with Gasteiger partial charge in [0.05, 0.1) is 78.0 Å². The van der Waals surface area contributed by atoms with Crippen LogP contribution in [0.5, 0.6) is 17.2 Å². The zero-order valence-electron chi connectivity index (χ0n) is 49.1. The average Bonchev–Trinajstić information content (AvgIpc) is 2.59. The second-order valence-electron chi connectivity index (χ2n) is 21.1. The van der Waals surface area contributed by atoms with Crippen molar-refractivity contribution in [3.63, 3.8) is 0 Å². The molecule has 6 aromatic carbocycles. The van der Waals surface area contributed by atoms with E-state index in [1.807, 2.05) is 18.2 Å². The minimum atomic E-state index is -4.32. The third-order valence-corrected chi connectivity index (χ3v) is 17.8. The van der Waals surface area contributed by atoms with E-state index in [1.165, 1.54) is 46.9 Å². The van der Waals surface area contributed by atoms with Gasteiger partial charge in [-0.2, -0.15) is 26.3 Å². The first-order chi connectivity index (χ1) is 42.3. The summed E-state index contributed by atoms with van der Waals surface area (Å²) in [5, 5.41) is 0. The molecule has 0 amide bonds. The van der Waals surface area contributed by atoms with Gasteiger partial charge in [0.1, 0.15) is 23.5 Å². The van der Waals surface area contributed by atoms with Crippen LogP contribution in [0.2, 0.25) is 0 Å². The number of thioether (sulfide) groups is 3. The Kier molecular flexibility index (Phi) is 22.4. The molecule has 0 saturated carbocycles. The second kappa shape index (κ2) is 30.0. The standard InChI is InChI=1S/C22H20F3NO3S.C22H25NO3S.C14H17NO3.C8H5F3OS/c1-28-20-13-18-15(12-19(20)26-6-8-29-9-7-26)11-16(21(18)27)10-14-2-4-17(5-3-14)30-22(23,24)25;1-25-21-14-19-16(13-20(21)23-7-9-26-10-8-23)12-17(22(19)24)11-15-3-5-18(27-2)6-4-15;1-17-14-9-11-10(2-3-13(11)16)8-12(14)15-4-6-18-7-5-15;9-8(10,11)13-7-3-1-6(5-12)2-4-7/h2-5,10,12-13H,6-9,11H2,1H3;3-6,13-14,17H,7-12H2,1-2H3;8-9H,2-7H2,1H3;1-5H/b16-10+;;;. The van der Waals surface area contributed by atoms with Crippen molar-refractivity contribution in [1.82, 2.24) is 0 Å². The van der Waals surface area contributed by atoms with Crippen molar-refractivity contribution in [2.24, 2.45) is 5.92 Å². The lowest BCUT2D eigenvalue weighted by molar-refractivity contribution is -0.0337. The van der Waals surface area contributed by atoms with Crippen LogP contribution in [0.25, 0.3) is 6.08 Å². The molecule has 0 radical (unpaired) electrons. The molecule has 0 aromatic heterocycles. The SMILES string of the molecule is COc1cc2c(cc1N1CCOCC1)C/C(=C\c1ccc(SC(F)(F)F)cc1)C2=O.COc1cc2c(cc1N1CCOCC1)CC(Cc1ccc(SC)cc1)C2=O.COc1cc2c(cc1N1CCOCC1)CCC2=O.O=Cc1ccc(SC(F)(F)F)cc1. The van der Waals surface area contributed by atoms with Crippen molar-refractivity contribution in [3.05, 3.63) is 165 Å². The molecule has 12 rings (SSSR count). The number of benzene rings is 6. The molecule has 0 spiro atoms. The van der Waals surface area contributed by atoms with Crippen LogP contribution >= 0.6 is 35.3 Å². The fourth-order valence-corrected chi connectivity index (χ4v) is 12.7. The highest BCUT2D eigenvalue weighted by Crippen LogP contribution is 2.42. The van der Waals surface area contributed by atoms with Crippen LogP contribution in [0.15, 0.2) is 129 Å². The van der Waals surface area contributed by atoms with E-state index in [-0.39, 0.29) is 56.6 Å². The first-order valence-corrected chi connectivity index (χ1v) is 31.4. The number of halogens is 6. The number of ether oxygens (including phenoxy) is 6. The average molecular weight is 1270 g/mol. The van der Waals surface area contributed by atoms with Crippen LogP contribution in [0, 0.1) is 5.92 Å². The van der Waals surface area contributed by atoms with Gasteiger partial charge in [-0.05, 0) is 156 Å². The molecule has 88 heavy (non-hydrogen) atoms. The number of allylic oxidation sites excluding steroid dienone is 1. The molecule has 1 atom stereocenters. The largest absolute Gasteiger partial charge is 0.495 e. The van der Waals surface area contributed by atoms with Gasteiger partial charge in [0.25, 0.3) is 0 Å². The number of Topliss-reactive ketones (excluding diaryl/α,β-unsaturated/α-hetero) is 3. The second-order valence-corrected chi connectivity index (χ2v) is 24.3. The van der Waals surface area contributed by atoms with E-state index >= 15 is 0 Å². The van der Waals surface area contributed by atoms with Crippen LogP contribution in [0.4, 0.5) is 43.4 Å². The van der Waals surface area contributed by atoms with Gasteiger partial charge < -0.3 is 43.1 Å². The number of fused-ring (bicyclic) bond motifs is 3. The lowest BCUT2D eigenvalue weighted by Gasteiger charge is -2.30. The topological polar surface area (TPSA) is 133 Å². The highest BCUT2D eigenvalue weighted by molar-refractivity contribution is 8.00. The first-order valence-electron chi connectivity index (χ1n) is 28.6. The van der Waals surface area contributed by atoms with E-state index in [0.717, 1.165) is 141 Å². The number of rotatable bonds is 13. The summed E-state index contributed by atoms with van der Waals surface area (Å²) in [6.45, 7) is 9.23. The van der Waals surface area contributed by atoms with Crippen LogP contribution in [-0.4, -0.2) is 141 Å². The Hall–Kier alpha value is -6.95. The minimum absolute atomic E-state index is 0.0183. The lowest BCUT2D eigenvalue weighted by Crippen LogP contribution is -2.36. The van der Waals surface area contributed by atoms with Crippen molar-refractivity contribution in [2.75, 3.05) is 121 Å². The summed E-state index contributed by atoms with van der Waals surface area (Å²) in [6, 6.07) is 31.7. The number of carbonyl (C=O) groups is 4. The van der Waals surface area contributed by atoms with E-state index in [1.54, 1.807) is 57.4 Å². The summed E-state index contributed by atoms with van der Waals surface area (Å²) < 4.78 is 106. The molecule has 3 heterocycles. The summed E-state index contributed by atoms with van der Waals surface area (Å²) >= 11 is 1.39. The fraction of sp³-hybridized carbons (Fsp3) is 0.364. The number of hydrogen-bond donors (Lipinski definition) is 0. The van der Waals surface area contributed by atoms with Crippen molar-refractivity contribution >= 4 is 82.1 Å². The van der Waals surface area contributed by atoms with Gasteiger partial charge in [0.2, 0.25) is 0 Å². The summed E-state index contributed by atoms with van der Waals surface area (Å²) in [5.41, 5.74) is 2.93. The third-order valence-electron chi connectivity index (χ3n) is 15.6. The third kappa shape index (κ3) is 17.1. The van der Waals surface area contributed by atoms with Crippen LogP contribution in [0.3, 0.4) is 0 Å². The number of morpholine rings is 3. The predicted molar refractivity (Wildman–Crippen MR) is 332 cm³/mol. The van der Waals surface area contributed by atoms with Crippen LogP contribution in [-0.2, 0) is 39.9 Å². The molecule has 6 aliphatic rings. The molecule has 6 aromatic rings. The van der Waals surface area contributed by atoms with Gasteiger partial charge in [-0.3, -0.25) is 19.2 Å². The zero-order chi connectivity index (χ0) is 62.5. The lowest BCUT2D eigenvalue weighted by atomic mass is 9.96. The molecule has 3 saturated heterocycles. The summed E-state index contributed by atoms with van der Waals surface area (Å²) in [7, 11) is 4.92. The van der Waals surface area contributed by atoms with Gasteiger partial charge in [0.15, 0.2) is 17.3 Å². The Labute approximate surface area is 520 Å². The number of ketones is 3. The van der Waals surface area contributed by atoms with Crippen molar-refractivity contribution in [1.29, 1.82) is 0 Å². The maximum atomic E-state index is 13.0. The molecule has 0 N–H and O–H groups in total. The number of anilines is 3. The molecule has 0 bridgehead atoms. The van der Waals surface area contributed by atoms with Crippen molar-refractivity contribution in [3.8, 4) is 17.2 Å². The van der Waals surface area contributed by atoms with E-state index in [0.29, 0.717) is 60.4 Å². The predicted octanol–water partition coefficient (Wildman–Crippen LogP) is 13.6. The number of alkyl halides is 6. The Morgan fingerprint density at radius 1 is 0.534 bits per heavy atom.